The van der Waals surface area contributed by atoms with Gasteiger partial charge in [-0.3, -0.25) is 14.5 Å². The quantitative estimate of drug-likeness (QED) is 0.779. The minimum absolute atomic E-state index is 0.194. The fraction of sp³-hybridized carbons (Fsp3) is 0.429. The van der Waals surface area contributed by atoms with E-state index in [-0.39, 0.29) is 18.2 Å². The molecule has 0 unspecified atom stereocenters. The van der Waals surface area contributed by atoms with Crippen LogP contribution in [0, 0.1) is 0 Å². The van der Waals surface area contributed by atoms with Crippen LogP contribution >= 0.6 is 23.2 Å². The van der Waals surface area contributed by atoms with E-state index in [1.807, 2.05) is 4.90 Å². The molecule has 1 aromatic rings. The first-order valence-electron chi connectivity index (χ1n) is 6.71. The molecule has 21 heavy (non-hydrogen) atoms. The van der Waals surface area contributed by atoms with E-state index < -0.39 is 6.04 Å². The largest absolute Gasteiger partial charge is 0.379 e. The number of amides is 2. The number of hydrogen-bond acceptors (Lipinski definition) is 4. The van der Waals surface area contributed by atoms with Crippen LogP contribution in [0.2, 0.25) is 10.0 Å². The normalized spacial score (nSPS) is 23.9. The third-order valence-electron chi connectivity index (χ3n) is 3.77. The first-order chi connectivity index (χ1) is 10.1. The molecule has 112 valence electrons. The molecular weight excluding hydrogens is 315 g/mol. The lowest BCUT2D eigenvalue weighted by atomic mass is 10.2. The first-order valence-corrected chi connectivity index (χ1v) is 7.47. The summed E-state index contributed by atoms with van der Waals surface area (Å²) in [6.45, 7) is 2.51. The van der Waals surface area contributed by atoms with Gasteiger partial charge in [-0.25, -0.2) is 4.90 Å². The fourth-order valence-electron chi connectivity index (χ4n) is 2.69. The number of halogens is 2. The van der Waals surface area contributed by atoms with Crippen molar-refractivity contribution in [3.05, 3.63) is 28.2 Å². The molecule has 0 spiro atoms. The molecule has 2 heterocycles. The van der Waals surface area contributed by atoms with E-state index in [9.17, 15) is 9.59 Å². The number of morpholine rings is 1. The summed E-state index contributed by atoms with van der Waals surface area (Å²) in [7, 11) is 0. The fourth-order valence-corrected chi connectivity index (χ4v) is 2.98. The zero-order chi connectivity index (χ0) is 15.0. The summed E-state index contributed by atoms with van der Waals surface area (Å²) in [6.07, 6.45) is 0.194. The molecule has 0 bridgehead atoms. The van der Waals surface area contributed by atoms with Crippen molar-refractivity contribution < 1.29 is 14.3 Å². The molecule has 0 saturated carbocycles. The molecule has 5 nitrogen and oxygen atoms in total. The summed E-state index contributed by atoms with van der Waals surface area (Å²) in [4.78, 5) is 28.0. The summed E-state index contributed by atoms with van der Waals surface area (Å²) < 4.78 is 5.28. The highest BCUT2D eigenvalue weighted by molar-refractivity contribution is 6.42. The van der Waals surface area contributed by atoms with E-state index >= 15 is 0 Å². The average Bonchev–Trinajstić information content (AvgIpc) is 2.78. The number of ether oxygens (including phenoxy) is 1. The van der Waals surface area contributed by atoms with Crippen molar-refractivity contribution in [3.63, 3.8) is 0 Å². The van der Waals surface area contributed by atoms with Gasteiger partial charge >= 0.3 is 0 Å². The van der Waals surface area contributed by atoms with Gasteiger partial charge in [-0.2, -0.15) is 0 Å². The Kier molecular flexibility index (Phi) is 4.17. The van der Waals surface area contributed by atoms with Gasteiger partial charge in [0.05, 0.1) is 41.4 Å². The standard InChI is InChI=1S/C14H14Cl2N2O3/c15-10-2-1-9(7-11(10)16)18-13(19)8-12(14(18)20)17-3-5-21-6-4-17/h1-2,7,12H,3-6,8H2/t12-/m1/s1. The highest BCUT2D eigenvalue weighted by atomic mass is 35.5. The van der Waals surface area contributed by atoms with E-state index in [1.54, 1.807) is 18.2 Å². The van der Waals surface area contributed by atoms with Gasteiger partial charge in [0, 0.05) is 13.1 Å². The van der Waals surface area contributed by atoms with Crippen LogP contribution in [0.1, 0.15) is 6.42 Å². The molecule has 0 aliphatic carbocycles. The van der Waals surface area contributed by atoms with Crippen molar-refractivity contribution in [3.8, 4) is 0 Å². The summed E-state index contributed by atoms with van der Waals surface area (Å²) in [5, 5.41) is 0.717. The van der Waals surface area contributed by atoms with Crippen LogP contribution < -0.4 is 4.90 Å². The Labute approximate surface area is 132 Å². The molecule has 0 radical (unpaired) electrons. The number of nitrogens with zero attached hydrogens (tertiary/aromatic N) is 2. The van der Waals surface area contributed by atoms with Crippen LogP contribution in [-0.2, 0) is 14.3 Å². The van der Waals surface area contributed by atoms with E-state index in [4.69, 9.17) is 27.9 Å². The lowest BCUT2D eigenvalue weighted by Crippen LogP contribution is -2.47. The Morgan fingerprint density at radius 1 is 1.10 bits per heavy atom. The van der Waals surface area contributed by atoms with Gasteiger partial charge in [0.25, 0.3) is 5.91 Å². The zero-order valence-corrected chi connectivity index (χ0v) is 12.7. The second kappa shape index (κ2) is 5.93. The van der Waals surface area contributed by atoms with Gasteiger partial charge in [0.2, 0.25) is 5.91 Å². The van der Waals surface area contributed by atoms with Gasteiger partial charge < -0.3 is 4.74 Å². The van der Waals surface area contributed by atoms with E-state index in [0.29, 0.717) is 42.0 Å². The van der Waals surface area contributed by atoms with Crippen LogP contribution in [0.15, 0.2) is 18.2 Å². The maximum Gasteiger partial charge on any atom is 0.251 e. The topological polar surface area (TPSA) is 49.9 Å². The number of anilines is 1. The van der Waals surface area contributed by atoms with Crippen LogP contribution in [0.25, 0.3) is 0 Å². The predicted molar refractivity (Wildman–Crippen MR) is 79.8 cm³/mol. The molecule has 2 saturated heterocycles. The smallest absolute Gasteiger partial charge is 0.251 e. The van der Waals surface area contributed by atoms with Crippen LogP contribution in [0.3, 0.4) is 0 Å². The van der Waals surface area contributed by atoms with Gasteiger partial charge in [0.15, 0.2) is 0 Å². The molecule has 2 aliphatic heterocycles. The maximum atomic E-state index is 12.6. The van der Waals surface area contributed by atoms with Crippen molar-refractivity contribution in [2.75, 3.05) is 31.2 Å². The minimum atomic E-state index is -0.407. The molecule has 1 aromatic carbocycles. The Bertz CT molecular complexity index is 588. The first kappa shape index (κ1) is 14.8. The number of carbonyl (C=O) groups excluding carboxylic acids is 2. The lowest BCUT2D eigenvalue weighted by molar-refractivity contribution is -0.123. The summed E-state index contributed by atoms with van der Waals surface area (Å²) in [5.74, 6) is -0.421. The number of carbonyl (C=O) groups is 2. The van der Waals surface area contributed by atoms with Crippen molar-refractivity contribution in [2.45, 2.75) is 12.5 Å². The van der Waals surface area contributed by atoms with Gasteiger partial charge in [-0.15, -0.1) is 0 Å². The summed E-state index contributed by atoms with van der Waals surface area (Å²) >= 11 is 11.8. The lowest BCUT2D eigenvalue weighted by Gasteiger charge is -2.30. The maximum absolute atomic E-state index is 12.6. The monoisotopic (exact) mass is 328 g/mol. The van der Waals surface area contributed by atoms with Crippen molar-refractivity contribution in [1.82, 2.24) is 4.90 Å². The SMILES string of the molecule is O=C1C[C@@H](N2CCOCC2)C(=O)N1c1ccc(Cl)c(Cl)c1. The molecule has 2 aliphatic rings. The third-order valence-corrected chi connectivity index (χ3v) is 4.51. The van der Waals surface area contributed by atoms with Crippen LogP contribution in [-0.4, -0.2) is 49.1 Å². The number of hydrogen-bond donors (Lipinski definition) is 0. The van der Waals surface area contributed by atoms with Gasteiger partial charge in [-0.05, 0) is 18.2 Å². The molecule has 0 N–H and O–H groups in total. The Balaban J connectivity index is 1.84. The Hall–Kier alpha value is -1.14. The number of benzene rings is 1. The van der Waals surface area contributed by atoms with Crippen molar-refractivity contribution in [1.29, 1.82) is 0 Å². The van der Waals surface area contributed by atoms with E-state index in [0.717, 1.165) is 0 Å². The number of rotatable bonds is 2. The highest BCUT2D eigenvalue weighted by Crippen LogP contribution is 2.31. The zero-order valence-electron chi connectivity index (χ0n) is 11.2. The summed E-state index contributed by atoms with van der Waals surface area (Å²) in [5.41, 5.74) is 0.468. The van der Waals surface area contributed by atoms with Crippen molar-refractivity contribution in [2.24, 2.45) is 0 Å². The highest BCUT2D eigenvalue weighted by Gasteiger charge is 2.43. The van der Waals surface area contributed by atoms with E-state index in [2.05, 4.69) is 0 Å². The molecule has 0 aromatic heterocycles. The second-order valence-corrected chi connectivity index (χ2v) is 5.85. The number of imide groups is 1. The van der Waals surface area contributed by atoms with Crippen molar-refractivity contribution >= 4 is 40.7 Å². The van der Waals surface area contributed by atoms with E-state index in [1.165, 1.54) is 4.90 Å². The minimum Gasteiger partial charge on any atom is -0.379 e. The van der Waals surface area contributed by atoms with Gasteiger partial charge in [-0.1, -0.05) is 23.2 Å². The average molecular weight is 329 g/mol. The third kappa shape index (κ3) is 2.79. The predicted octanol–water partition coefficient (Wildman–Crippen LogP) is 1.96. The molecule has 1 atom stereocenters. The molecule has 2 amide bonds. The Morgan fingerprint density at radius 3 is 2.48 bits per heavy atom. The molecule has 3 rings (SSSR count). The second-order valence-electron chi connectivity index (χ2n) is 5.03. The van der Waals surface area contributed by atoms with Crippen LogP contribution in [0.4, 0.5) is 5.69 Å². The van der Waals surface area contributed by atoms with Crippen LogP contribution in [0.5, 0.6) is 0 Å². The molecule has 2 fully saturated rings. The summed E-state index contributed by atoms with van der Waals surface area (Å²) in [6, 6.07) is 4.35. The Morgan fingerprint density at radius 2 is 1.81 bits per heavy atom. The van der Waals surface area contributed by atoms with Gasteiger partial charge in [0.1, 0.15) is 0 Å². The molecular formula is C14H14Cl2N2O3. The molecule has 7 heteroatoms.